The highest BCUT2D eigenvalue weighted by Crippen LogP contribution is 2.21. The summed E-state index contributed by atoms with van der Waals surface area (Å²) in [5, 5.41) is 1.03. The minimum atomic E-state index is -0.714. The Morgan fingerprint density at radius 3 is 2.67 bits per heavy atom. The minimum absolute atomic E-state index is 0.318. The van der Waals surface area contributed by atoms with E-state index in [1.54, 1.807) is 18.2 Å². The summed E-state index contributed by atoms with van der Waals surface area (Å²) >= 11 is 11.6. The second kappa shape index (κ2) is 5.32. The van der Waals surface area contributed by atoms with Gasteiger partial charge in [0.2, 0.25) is 0 Å². The van der Waals surface area contributed by atoms with Crippen LogP contribution in [0.15, 0.2) is 18.2 Å². The van der Waals surface area contributed by atoms with Gasteiger partial charge in [-0.05, 0) is 24.1 Å². The van der Waals surface area contributed by atoms with Crippen molar-refractivity contribution >= 4 is 29.1 Å². The van der Waals surface area contributed by atoms with Crippen LogP contribution in [0.5, 0.6) is 0 Å². The van der Waals surface area contributed by atoms with Crippen molar-refractivity contribution in [2.24, 2.45) is 11.6 Å². The number of rotatable bonds is 3. The molecule has 0 saturated heterocycles. The highest BCUT2D eigenvalue weighted by Gasteiger charge is 2.14. The molecular weight excluding hydrogens is 237 g/mol. The highest BCUT2D eigenvalue weighted by atomic mass is 35.5. The van der Waals surface area contributed by atoms with Crippen LogP contribution >= 0.6 is 23.2 Å². The van der Waals surface area contributed by atoms with Crippen LogP contribution in [0.2, 0.25) is 10.0 Å². The van der Waals surface area contributed by atoms with Crippen molar-refractivity contribution in [3.05, 3.63) is 33.8 Å². The van der Waals surface area contributed by atoms with E-state index in [9.17, 15) is 4.79 Å². The molecular formula is C9H11Cl2N3O. The Balaban J connectivity index is 2.76. The number of nitrogens with two attached hydrogens (primary N) is 2. The van der Waals surface area contributed by atoms with Gasteiger partial charge in [0.25, 0.3) is 5.91 Å². The second-order valence-electron chi connectivity index (χ2n) is 3.05. The van der Waals surface area contributed by atoms with Gasteiger partial charge in [-0.15, -0.1) is 0 Å². The predicted octanol–water partition coefficient (Wildman–Crippen LogP) is 0.853. The van der Waals surface area contributed by atoms with Crippen molar-refractivity contribution in [3.8, 4) is 0 Å². The molecule has 4 nitrogen and oxygen atoms in total. The Hall–Kier alpha value is -0.810. The molecule has 5 N–H and O–H groups in total. The van der Waals surface area contributed by atoms with Crippen LogP contribution in [0.4, 0.5) is 0 Å². The van der Waals surface area contributed by atoms with E-state index in [0.717, 1.165) is 5.56 Å². The molecule has 0 aliphatic carbocycles. The number of nitrogens with one attached hydrogen (secondary N) is 1. The fraction of sp³-hybridized carbons (Fsp3) is 0.222. The zero-order valence-electron chi connectivity index (χ0n) is 7.84. The summed E-state index contributed by atoms with van der Waals surface area (Å²) in [5.41, 5.74) is 8.33. The van der Waals surface area contributed by atoms with E-state index in [2.05, 4.69) is 0 Å². The largest absolute Gasteiger partial charge is 0.320 e. The molecule has 82 valence electrons. The number of hydrazine groups is 1. The van der Waals surface area contributed by atoms with Crippen LogP contribution in [-0.4, -0.2) is 11.9 Å². The van der Waals surface area contributed by atoms with Gasteiger partial charge >= 0.3 is 0 Å². The van der Waals surface area contributed by atoms with Gasteiger partial charge < -0.3 is 5.73 Å². The van der Waals surface area contributed by atoms with Gasteiger partial charge in [-0.25, -0.2) is 5.84 Å². The van der Waals surface area contributed by atoms with Crippen molar-refractivity contribution in [2.75, 3.05) is 0 Å². The summed E-state index contributed by atoms with van der Waals surface area (Å²) < 4.78 is 0. The smallest absolute Gasteiger partial charge is 0.251 e. The maximum Gasteiger partial charge on any atom is 0.251 e. The molecule has 1 rings (SSSR count). The first-order valence-corrected chi connectivity index (χ1v) is 5.00. The molecule has 1 atom stereocenters. The molecule has 0 spiro atoms. The lowest BCUT2D eigenvalue weighted by atomic mass is 10.1. The van der Waals surface area contributed by atoms with Crippen LogP contribution in [0, 0.1) is 0 Å². The summed E-state index contributed by atoms with van der Waals surface area (Å²) in [6.45, 7) is 0. The Labute approximate surface area is 97.5 Å². The quantitative estimate of drug-likeness (QED) is 0.421. The molecule has 0 aromatic heterocycles. The topological polar surface area (TPSA) is 81.1 Å². The maximum atomic E-state index is 11.1. The number of halogens is 2. The van der Waals surface area contributed by atoms with Gasteiger partial charge in [0.15, 0.2) is 0 Å². The fourth-order valence-corrected chi connectivity index (χ4v) is 1.61. The summed E-state index contributed by atoms with van der Waals surface area (Å²) in [4.78, 5) is 11.1. The van der Waals surface area contributed by atoms with Crippen LogP contribution in [0.25, 0.3) is 0 Å². The van der Waals surface area contributed by atoms with Crippen molar-refractivity contribution in [1.29, 1.82) is 0 Å². The first-order valence-electron chi connectivity index (χ1n) is 4.24. The number of carbonyl (C=O) groups is 1. The summed E-state index contributed by atoms with van der Waals surface area (Å²) in [5.74, 6) is 4.53. The third-order valence-corrected chi connectivity index (χ3v) is 2.52. The van der Waals surface area contributed by atoms with Gasteiger partial charge in [0, 0.05) is 10.0 Å². The molecule has 0 bridgehead atoms. The number of carbonyl (C=O) groups excluding carboxylic acids is 1. The number of hydrogen-bond donors (Lipinski definition) is 3. The monoisotopic (exact) mass is 247 g/mol. The van der Waals surface area contributed by atoms with E-state index in [1.807, 2.05) is 5.43 Å². The zero-order valence-corrected chi connectivity index (χ0v) is 9.35. The van der Waals surface area contributed by atoms with Crippen molar-refractivity contribution in [1.82, 2.24) is 5.43 Å². The van der Waals surface area contributed by atoms with E-state index >= 15 is 0 Å². The SMILES string of the molecule is NNC(=O)C(N)Cc1ccc(Cl)cc1Cl. The Morgan fingerprint density at radius 1 is 1.47 bits per heavy atom. The van der Waals surface area contributed by atoms with E-state index in [4.69, 9.17) is 34.8 Å². The molecule has 1 aromatic carbocycles. The number of amides is 1. The van der Waals surface area contributed by atoms with Crippen molar-refractivity contribution in [3.63, 3.8) is 0 Å². The zero-order chi connectivity index (χ0) is 11.4. The van der Waals surface area contributed by atoms with Gasteiger partial charge in [0.1, 0.15) is 0 Å². The van der Waals surface area contributed by atoms with Crippen LogP contribution in [0.1, 0.15) is 5.56 Å². The van der Waals surface area contributed by atoms with E-state index in [-0.39, 0.29) is 0 Å². The lowest BCUT2D eigenvalue weighted by Crippen LogP contribution is -2.45. The van der Waals surface area contributed by atoms with E-state index < -0.39 is 11.9 Å². The first kappa shape index (κ1) is 12.3. The van der Waals surface area contributed by atoms with Gasteiger partial charge in [-0.2, -0.15) is 0 Å². The molecule has 0 radical (unpaired) electrons. The van der Waals surface area contributed by atoms with Crippen LogP contribution in [-0.2, 0) is 11.2 Å². The van der Waals surface area contributed by atoms with Crippen LogP contribution < -0.4 is 17.0 Å². The first-order chi connectivity index (χ1) is 7.04. The Morgan fingerprint density at radius 2 is 2.13 bits per heavy atom. The molecule has 0 fully saturated rings. The second-order valence-corrected chi connectivity index (χ2v) is 3.90. The fourth-order valence-electron chi connectivity index (χ4n) is 1.12. The molecule has 6 heteroatoms. The Bertz CT molecular complexity index is 370. The minimum Gasteiger partial charge on any atom is -0.320 e. The molecule has 15 heavy (non-hydrogen) atoms. The molecule has 0 saturated carbocycles. The average Bonchev–Trinajstić information content (AvgIpc) is 2.20. The normalized spacial score (nSPS) is 12.3. The summed E-state index contributed by atoms with van der Waals surface area (Å²) in [6.07, 6.45) is 0.318. The van der Waals surface area contributed by atoms with E-state index in [0.29, 0.717) is 16.5 Å². The average molecular weight is 248 g/mol. The highest BCUT2D eigenvalue weighted by molar-refractivity contribution is 6.35. The van der Waals surface area contributed by atoms with Gasteiger partial charge in [-0.3, -0.25) is 10.2 Å². The third-order valence-electron chi connectivity index (χ3n) is 1.93. The van der Waals surface area contributed by atoms with Gasteiger partial charge in [-0.1, -0.05) is 29.3 Å². The number of benzene rings is 1. The summed E-state index contributed by atoms with van der Waals surface area (Å²) in [6, 6.07) is 4.31. The molecule has 1 amide bonds. The van der Waals surface area contributed by atoms with E-state index in [1.165, 1.54) is 0 Å². The third kappa shape index (κ3) is 3.35. The lowest BCUT2D eigenvalue weighted by molar-refractivity contribution is -0.122. The maximum absolute atomic E-state index is 11.1. The molecule has 0 heterocycles. The molecule has 0 aliphatic heterocycles. The van der Waals surface area contributed by atoms with Crippen LogP contribution in [0.3, 0.4) is 0 Å². The van der Waals surface area contributed by atoms with Gasteiger partial charge in [0.05, 0.1) is 6.04 Å². The Kier molecular flexibility index (Phi) is 4.35. The molecule has 1 aromatic rings. The lowest BCUT2D eigenvalue weighted by Gasteiger charge is -2.10. The summed E-state index contributed by atoms with van der Waals surface area (Å²) in [7, 11) is 0. The predicted molar refractivity (Wildman–Crippen MR) is 60.5 cm³/mol. The molecule has 1 unspecified atom stereocenters. The standard InChI is InChI=1S/C9H11Cl2N3O/c10-6-2-1-5(7(11)4-6)3-8(12)9(15)14-13/h1-2,4,8H,3,12-13H2,(H,14,15). The number of hydrogen-bond acceptors (Lipinski definition) is 3. The van der Waals surface area contributed by atoms with Crippen molar-refractivity contribution in [2.45, 2.75) is 12.5 Å². The molecule has 0 aliphatic rings. The van der Waals surface area contributed by atoms with Crippen molar-refractivity contribution < 1.29 is 4.79 Å².